The molecule has 1 saturated heterocycles. The first-order valence-corrected chi connectivity index (χ1v) is 7.12. The fraction of sp³-hybridized carbons (Fsp3) is 0.929. The molecule has 8 nitrogen and oxygen atoms in total. The molecular formula is C14H27NO7. The van der Waals surface area contributed by atoms with Gasteiger partial charge in [0.15, 0.2) is 6.29 Å². The van der Waals surface area contributed by atoms with Crippen LogP contribution in [-0.2, 0) is 23.7 Å². The summed E-state index contributed by atoms with van der Waals surface area (Å²) >= 11 is 0. The van der Waals surface area contributed by atoms with Gasteiger partial charge in [0.1, 0.15) is 30.0 Å². The number of carbonyl (C=O) groups is 1. The summed E-state index contributed by atoms with van der Waals surface area (Å²) in [6.07, 6.45) is -4.04. The van der Waals surface area contributed by atoms with E-state index in [4.69, 9.17) is 23.7 Å². The third kappa shape index (κ3) is 5.06. The van der Waals surface area contributed by atoms with Gasteiger partial charge in [-0.15, -0.1) is 0 Å². The van der Waals surface area contributed by atoms with Gasteiger partial charge in [0.25, 0.3) is 0 Å². The van der Waals surface area contributed by atoms with Crippen LogP contribution in [0.3, 0.4) is 0 Å². The van der Waals surface area contributed by atoms with Gasteiger partial charge in [0.05, 0.1) is 0 Å². The lowest BCUT2D eigenvalue weighted by atomic mass is 9.98. The van der Waals surface area contributed by atoms with E-state index in [9.17, 15) is 9.90 Å². The zero-order valence-corrected chi connectivity index (χ0v) is 14.0. The first kappa shape index (κ1) is 19.1. The van der Waals surface area contributed by atoms with E-state index in [2.05, 4.69) is 5.32 Å². The maximum absolute atomic E-state index is 11.7. The van der Waals surface area contributed by atoms with Crippen LogP contribution in [0.2, 0.25) is 0 Å². The summed E-state index contributed by atoms with van der Waals surface area (Å²) in [7, 11) is 4.46. The van der Waals surface area contributed by atoms with Crippen LogP contribution in [0.5, 0.6) is 0 Å². The Morgan fingerprint density at radius 3 is 2.09 bits per heavy atom. The van der Waals surface area contributed by atoms with Crippen molar-refractivity contribution in [3.05, 3.63) is 0 Å². The standard InChI is InChI=1S/C14H27NO7/c1-14(2,3)22-13(17)15-7-8-9(18-4)10(19-5)11(20-6)12(16)21-8/h8-12,16H,7H2,1-6H3,(H,15,17)/t8-,9-,10+,11-,12?/m1/s1. The molecule has 22 heavy (non-hydrogen) atoms. The van der Waals surface area contributed by atoms with E-state index in [-0.39, 0.29) is 6.54 Å². The summed E-state index contributed by atoms with van der Waals surface area (Å²) in [5, 5.41) is 12.6. The van der Waals surface area contributed by atoms with Gasteiger partial charge in [-0.3, -0.25) is 0 Å². The lowest BCUT2D eigenvalue weighted by molar-refractivity contribution is -0.293. The number of rotatable bonds is 5. The van der Waals surface area contributed by atoms with Crippen molar-refractivity contribution in [2.75, 3.05) is 27.9 Å². The van der Waals surface area contributed by atoms with Gasteiger partial charge in [-0.05, 0) is 20.8 Å². The molecule has 1 fully saturated rings. The molecule has 0 spiro atoms. The van der Waals surface area contributed by atoms with Gasteiger partial charge >= 0.3 is 6.09 Å². The van der Waals surface area contributed by atoms with Gasteiger partial charge in [-0.1, -0.05) is 0 Å². The summed E-state index contributed by atoms with van der Waals surface area (Å²) in [4.78, 5) is 11.7. The summed E-state index contributed by atoms with van der Waals surface area (Å²) < 4.78 is 26.5. The molecule has 0 aliphatic carbocycles. The van der Waals surface area contributed by atoms with Crippen molar-refractivity contribution in [3.63, 3.8) is 0 Å². The van der Waals surface area contributed by atoms with E-state index in [1.54, 1.807) is 20.8 Å². The summed E-state index contributed by atoms with van der Waals surface area (Å²) in [6.45, 7) is 5.43. The number of hydrogen-bond acceptors (Lipinski definition) is 7. The molecule has 0 aromatic heterocycles. The van der Waals surface area contributed by atoms with Crippen LogP contribution in [0.15, 0.2) is 0 Å². The molecular weight excluding hydrogens is 294 g/mol. The molecule has 1 amide bonds. The Labute approximate surface area is 131 Å². The number of nitrogens with one attached hydrogen (secondary N) is 1. The predicted octanol–water partition coefficient (Wildman–Crippen LogP) is 0.273. The maximum Gasteiger partial charge on any atom is 0.407 e. The van der Waals surface area contributed by atoms with Crippen molar-refractivity contribution in [1.29, 1.82) is 0 Å². The average Bonchev–Trinajstić information content (AvgIpc) is 2.42. The summed E-state index contributed by atoms with van der Waals surface area (Å²) in [5.41, 5.74) is -0.589. The maximum atomic E-state index is 11.7. The molecule has 0 aromatic carbocycles. The predicted molar refractivity (Wildman–Crippen MR) is 77.5 cm³/mol. The highest BCUT2D eigenvalue weighted by Gasteiger charge is 2.46. The average molecular weight is 321 g/mol. The van der Waals surface area contributed by atoms with Gasteiger partial charge < -0.3 is 34.1 Å². The lowest BCUT2D eigenvalue weighted by Gasteiger charge is -2.43. The van der Waals surface area contributed by atoms with Crippen LogP contribution in [0.4, 0.5) is 4.79 Å². The van der Waals surface area contributed by atoms with E-state index < -0.39 is 42.4 Å². The fourth-order valence-electron chi connectivity index (χ4n) is 2.36. The molecule has 0 saturated carbocycles. The van der Waals surface area contributed by atoms with Crippen molar-refractivity contribution < 1.29 is 33.6 Å². The third-order valence-corrected chi connectivity index (χ3v) is 3.27. The Hall–Kier alpha value is -0.930. The number of alkyl carbamates (subject to hydrolysis) is 1. The number of hydrogen-bond donors (Lipinski definition) is 2. The van der Waals surface area contributed by atoms with Gasteiger partial charge in [-0.25, -0.2) is 4.79 Å². The summed E-state index contributed by atoms with van der Waals surface area (Å²) in [5.74, 6) is 0. The largest absolute Gasteiger partial charge is 0.444 e. The fourth-order valence-corrected chi connectivity index (χ4v) is 2.36. The number of aliphatic hydroxyl groups excluding tert-OH is 1. The van der Waals surface area contributed by atoms with Crippen LogP contribution >= 0.6 is 0 Å². The van der Waals surface area contributed by atoms with Crippen LogP contribution in [-0.4, -0.2) is 75.4 Å². The number of methoxy groups -OCH3 is 3. The molecule has 2 N–H and O–H groups in total. The number of aliphatic hydroxyl groups is 1. The Morgan fingerprint density at radius 1 is 1.09 bits per heavy atom. The molecule has 1 rings (SSSR count). The van der Waals surface area contributed by atoms with Crippen molar-refractivity contribution in [2.24, 2.45) is 0 Å². The van der Waals surface area contributed by atoms with Crippen molar-refractivity contribution >= 4 is 6.09 Å². The SMILES string of the molecule is CO[C@H]1[C@H](OC)[C@@H](OC)C(O)O[C@@H]1CNC(=O)OC(C)(C)C. The Morgan fingerprint density at radius 2 is 1.64 bits per heavy atom. The van der Waals surface area contributed by atoms with E-state index in [0.29, 0.717) is 0 Å². The van der Waals surface area contributed by atoms with Crippen LogP contribution in [0, 0.1) is 0 Å². The van der Waals surface area contributed by atoms with E-state index in [1.807, 2.05) is 0 Å². The highest BCUT2D eigenvalue weighted by atomic mass is 16.7. The van der Waals surface area contributed by atoms with Crippen LogP contribution in [0.25, 0.3) is 0 Å². The Kier molecular flexibility index (Phi) is 7.01. The smallest absolute Gasteiger partial charge is 0.407 e. The molecule has 5 atom stereocenters. The van der Waals surface area contributed by atoms with Gasteiger partial charge in [0.2, 0.25) is 0 Å². The minimum absolute atomic E-state index is 0.112. The van der Waals surface area contributed by atoms with Crippen molar-refractivity contribution in [2.45, 2.75) is 57.1 Å². The van der Waals surface area contributed by atoms with Crippen LogP contribution < -0.4 is 5.32 Å². The monoisotopic (exact) mass is 321 g/mol. The molecule has 1 heterocycles. The summed E-state index contributed by atoms with van der Waals surface area (Å²) in [6, 6.07) is 0. The molecule has 0 radical (unpaired) electrons. The van der Waals surface area contributed by atoms with Crippen LogP contribution in [0.1, 0.15) is 20.8 Å². The van der Waals surface area contributed by atoms with Crippen molar-refractivity contribution in [1.82, 2.24) is 5.32 Å². The minimum Gasteiger partial charge on any atom is -0.444 e. The van der Waals surface area contributed by atoms with Gasteiger partial charge in [0, 0.05) is 27.9 Å². The second-order valence-corrected chi connectivity index (χ2v) is 6.05. The molecule has 1 aliphatic heterocycles. The molecule has 1 aliphatic rings. The highest BCUT2D eigenvalue weighted by Crippen LogP contribution is 2.25. The van der Waals surface area contributed by atoms with Crippen molar-refractivity contribution in [3.8, 4) is 0 Å². The molecule has 0 bridgehead atoms. The number of carbonyl (C=O) groups excluding carboxylic acids is 1. The molecule has 0 aromatic rings. The number of ether oxygens (including phenoxy) is 5. The number of amides is 1. The van der Waals surface area contributed by atoms with E-state index in [1.165, 1.54) is 21.3 Å². The Balaban J connectivity index is 2.67. The zero-order chi connectivity index (χ0) is 16.9. The highest BCUT2D eigenvalue weighted by molar-refractivity contribution is 5.67. The lowest BCUT2D eigenvalue weighted by Crippen LogP contribution is -2.61. The second kappa shape index (κ2) is 8.07. The zero-order valence-electron chi connectivity index (χ0n) is 14.0. The molecule has 130 valence electrons. The minimum atomic E-state index is -1.17. The quantitative estimate of drug-likeness (QED) is 0.750. The Bertz CT molecular complexity index is 358. The van der Waals surface area contributed by atoms with E-state index >= 15 is 0 Å². The molecule has 1 unspecified atom stereocenters. The van der Waals surface area contributed by atoms with E-state index in [0.717, 1.165) is 0 Å². The second-order valence-electron chi connectivity index (χ2n) is 6.05. The molecule has 8 heteroatoms. The first-order valence-electron chi connectivity index (χ1n) is 7.12. The van der Waals surface area contributed by atoms with Gasteiger partial charge in [-0.2, -0.15) is 0 Å². The normalized spacial score (nSPS) is 32.6. The third-order valence-electron chi connectivity index (χ3n) is 3.27. The topological polar surface area (TPSA) is 95.5 Å². The first-order chi connectivity index (χ1) is 10.2.